The van der Waals surface area contributed by atoms with Crippen LogP contribution in [0.1, 0.15) is 65.9 Å². The van der Waals surface area contributed by atoms with Crippen molar-refractivity contribution >= 4 is 66.9 Å². The fraction of sp³-hybridized carbons (Fsp3) is 0.278. The molecule has 0 unspecified atom stereocenters. The first-order valence-corrected chi connectivity index (χ1v) is 16.4. The highest BCUT2D eigenvalue weighted by Gasteiger charge is 2.29. The smallest absolute Gasteiger partial charge is 0.348 e. The van der Waals surface area contributed by atoms with Gasteiger partial charge in [0.15, 0.2) is 0 Å². The summed E-state index contributed by atoms with van der Waals surface area (Å²) in [5.41, 5.74) is 6.94. The van der Waals surface area contributed by atoms with Crippen LogP contribution in [0, 0.1) is 0 Å². The zero-order chi connectivity index (χ0) is 28.5. The first-order chi connectivity index (χ1) is 20.6. The summed E-state index contributed by atoms with van der Waals surface area (Å²) in [5, 5.41) is 7.07. The van der Waals surface area contributed by atoms with Gasteiger partial charge in [-0.15, -0.1) is 22.7 Å². The number of thiophene rings is 2. The Labute approximate surface area is 252 Å². The molecule has 0 amide bonds. The van der Waals surface area contributed by atoms with E-state index in [1.165, 1.54) is 56.6 Å². The van der Waals surface area contributed by atoms with Gasteiger partial charge in [0.25, 0.3) is 0 Å². The monoisotopic (exact) mass is 590 g/mol. The van der Waals surface area contributed by atoms with Gasteiger partial charge in [0, 0.05) is 20.9 Å². The molecule has 8 rings (SSSR count). The summed E-state index contributed by atoms with van der Waals surface area (Å²) in [6.07, 6.45) is 8.62. The average Bonchev–Trinajstić information content (AvgIpc) is 3.62. The summed E-state index contributed by atoms with van der Waals surface area (Å²) in [6.45, 7) is 0. The van der Waals surface area contributed by atoms with E-state index in [0.29, 0.717) is 9.75 Å². The lowest BCUT2D eigenvalue weighted by molar-refractivity contribution is 0.0598. The third kappa shape index (κ3) is 3.71. The number of hydrogen-bond donors (Lipinski definition) is 0. The van der Waals surface area contributed by atoms with Crippen molar-refractivity contribution in [3.05, 3.63) is 79.2 Å². The van der Waals surface area contributed by atoms with E-state index >= 15 is 0 Å². The second-order valence-electron chi connectivity index (χ2n) is 11.5. The second kappa shape index (κ2) is 9.92. The highest BCUT2D eigenvalue weighted by molar-refractivity contribution is 7.15. The zero-order valence-electron chi connectivity index (χ0n) is 23.7. The van der Waals surface area contributed by atoms with Crippen molar-refractivity contribution in [3.63, 3.8) is 0 Å². The lowest BCUT2D eigenvalue weighted by Crippen LogP contribution is -2.03. The van der Waals surface area contributed by atoms with Crippen molar-refractivity contribution in [2.45, 2.75) is 51.4 Å². The third-order valence-electron chi connectivity index (χ3n) is 9.29. The van der Waals surface area contributed by atoms with Gasteiger partial charge in [-0.3, -0.25) is 0 Å². The summed E-state index contributed by atoms with van der Waals surface area (Å²) < 4.78 is 10.6. The minimum absolute atomic E-state index is 0.255. The molecule has 0 saturated carbocycles. The SMILES string of the molecule is COC(=O)c1sc2c(c1-c1ccc3ccc4c(-c5c(C(=O)OC)sc6c5CCCC6)ccc5ccc1c3c54)CCCC2. The van der Waals surface area contributed by atoms with E-state index in [9.17, 15) is 9.59 Å². The summed E-state index contributed by atoms with van der Waals surface area (Å²) in [7, 11) is 2.95. The Morgan fingerprint density at radius 3 is 1.40 bits per heavy atom. The maximum absolute atomic E-state index is 13.1. The quantitative estimate of drug-likeness (QED) is 0.152. The van der Waals surface area contributed by atoms with E-state index in [4.69, 9.17) is 9.47 Å². The molecule has 42 heavy (non-hydrogen) atoms. The number of fused-ring (bicyclic) bond motifs is 2. The van der Waals surface area contributed by atoms with Crippen molar-refractivity contribution in [1.82, 2.24) is 0 Å². The first-order valence-electron chi connectivity index (χ1n) is 14.8. The van der Waals surface area contributed by atoms with Crippen molar-refractivity contribution in [2.24, 2.45) is 0 Å². The van der Waals surface area contributed by atoms with Gasteiger partial charge < -0.3 is 9.47 Å². The van der Waals surface area contributed by atoms with Crippen molar-refractivity contribution in [3.8, 4) is 22.3 Å². The van der Waals surface area contributed by atoms with Crippen LogP contribution in [0.2, 0.25) is 0 Å². The van der Waals surface area contributed by atoms with Gasteiger partial charge in [0.05, 0.1) is 14.2 Å². The number of benzene rings is 4. The topological polar surface area (TPSA) is 52.6 Å². The molecule has 0 saturated heterocycles. The number of aryl methyl sites for hydroxylation is 2. The number of methoxy groups -OCH3 is 2. The molecule has 4 nitrogen and oxygen atoms in total. The van der Waals surface area contributed by atoms with Crippen molar-refractivity contribution in [2.75, 3.05) is 14.2 Å². The highest BCUT2D eigenvalue weighted by atomic mass is 32.1. The van der Waals surface area contributed by atoms with Crippen LogP contribution in [-0.2, 0) is 35.2 Å². The normalized spacial score (nSPS) is 14.8. The third-order valence-corrected chi connectivity index (χ3v) is 11.8. The maximum atomic E-state index is 13.1. The summed E-state index contributed by atoms with van der Waals surface area (Å²) in [4.78, 5) is 30.2. The fourth-order valence-electron chi connectivity index (χ4n) is 7.41. The molecule has 0 fully saturated rings. The molecule has 4 aromatic carbocycles. The number of hydrogen-bond acceptors (Lipinski definition) is 6. The van der Waals surface area contributed by atoms with Crippen LogP contribution >= 0.6 is 22.7 Å². The van der Waals surface area contributed by atoms with E-state index in [2.05, 4.69) is 48.5 Å². The van der Waals surface area contributed by atoms with Gasteiger partial charge in [-0.1, -0.05) is 48.5 Å². The zero-order valence-corrected chi connectivity index (χ0v) is 25.4. The van der Waals surface area contributed by atoms with Crippen LogP contribution in [0.15, 0.2) is 48.5 Å². The van der Waals surface area contributed by atoms with Crippen LogP contribution in [0.5, 0.6) is 0 Å². The molecule has 6 aromatic rings. The molecule has 0 spiro atoms. The van der Waals surface area contributed by atoms with E-state index in [-0.39, 0.29) is 11.9 Å². The minimum atomic E-state index is -0.255. The van der Waals surface area contributed by atoms with Crippen LogP contribution < -0.4 is 0 Å². The van der Waals surface area contributed by atoms with Gasteiger partial charge in [-0.05, 0) is 106 Å². The Bertz CT molecular complexity index is 1910. The second-order valence-corrected chi connectivity index (χ2v) is 13.7. The summed E-state index contributed by atoms with van der Waals surface area (Å²) in [6, 6.07) is 17.6. The van der Waals surface area contributed by atoms with E-state index in [0.717, 1.165) is 84.4 Å². The van der Waals surface area contributed by atoms with E-state index < -0.39 is 0 Å². The molecule has 0 N–H and O–H groups in total. The molecule has 210 valence electrons. The highest BCUT2D eigenvalue weighted by Crippen LogP contribution is 2.49. The standard InChI is InChI=1S/C36H30O4S2/c1-39-35(37)33-31(25-7-3-5-9-27(25)41-33)23-17-13-19-12-16-22-24(18-14-20-11-15-21(23)29(19)30(20)22)32-26-8-4-6-10-28(26)42-34(32)36(38)40-2/h11-18H,3-10H2,1-2H3. The van der Waals surface area contributed by atoms with Crippen LogP contribution in [0.3, 0.4) is 0 Å². The predicted octanol–water partition coefficient (Wildman–Crippen LogP) is 9.37. The molecule has 0 aliphatic heterocycles. The number of esters is 2. The molecular weight excluding hydrogens is 561 g/mol. The number of rotatable bonds is 4. The van der Waals surface area contributed by atoms with Gasteiger partial charge in [0.1, 0.15) is 9.75 Å². The van der Waals surface area contributed by atoms with E-state index in [1.54, 1.807) is 22.7 Å². The molecule has 2 aliphatic carbocycles. The Hall–Kier alpha value is -3.74. The summed E-state index contributed by atoms with van der Waals surface area (Å²) >= 11 is 3.22. The van der Waals surface area contributed by atoms with Gasteiger partial charge in [0.2, 0.25) is 0 Å². The number of carbonyl (C=O) groups excluding carboxylic acids is 2. The van der Waals surface area contributed by atoms with Gasteiger partial charge in [-0.25, -0.2) is 9.59 Å². The van der Waals surface area contributed by atoms with Gasteiger partial charge >= 0.3 is 11.9 Å². The average molecular weight is 591 g/mol. The first kappa shape index (κ1) is 25.9. The Kier molecular flexibility index (Phi) is 6.13. The minimum Gasteiger partial charge on any atom is -0.465 e. The molecule has 0 bridgehead atoms. The molecule has 2 aromatic heterocycles. The molecule has 2 aliphatic rings. The van der Waals surface area contributed by atoms with Gasteiger partial charge in [-0.2, -0.15) is 0 Å². The van der Waals surface area contributed by atoms with Crippen molar-refractivity contribution in [1.29, 1.82) is 0 Å². The largest absolute Gasteiger partial charge is 0.465 e. The maximum Gasteiger partial charge on any atom is 0.348 e. The Morgan fingerprint density at radius 1 is 0.571 bits per heavy atom. The van der Waals surface area contributed by atoms with Crippen LogP contribution in [-0.4, -0.2) is 26.2 Å². The molecule has 2 heterocycles. The lowest BCUT2D eigenvalue weighted by Gasteiger charge is -2.19. The number of ether oxygens (including phenoxy) is 2. The Morgan fingerprint density at radius 2 is 0.976 bits per heavy atom. The fourth-order valence-corrected chi connectivity index (χ4v) is 10.1. The molecular formula is C36H30O4S2. The van der Waals surface area contributed by atoms with E-state index in [1.807, 2.05) is 0 Å². The summed E-state index contributed by atoms with van der Waals surface area (Å²) in [5.74, 6) is -0.509. The van der Waals surface area contributed by atoms with Crippen LogP contribution in [0.25, 0.3) is 54.6 Å². The number of carbonyl (C=O) groups is 2. The van der Waals surface area contributed by atoms with Crippen molar-refractivity contribution < 1.29 is 19.1 Å². The lowest BCUT2D eigenvalue weighted by atomic mass is 9.84. The Balaban J connectivity index is 1.44. The molecule has 6 heteroatoms. The molecule has 0 radical (unpaired) electrons. The molecule has 0 atom stereocenters. The predicted molar refractivity (Wildman–Crippen MR) is 173 cm³/mol. The van der Waals surface area contributed by atoms with Crippen LogP contribution in [0.4, 0.5) is 0 Å².